The minimum absolute atomic E-state index is 0.218. The van der Waals surface area contributed by atoms with Crippen LogP contribution in [0, 0.1) is 11.6 Å². The van der Waals surface area contributed by atoms with E-state index in [0.717, 1.165) is 18.2 Å². The van der Waals surface area contributed by atoms with E-state index in [2.05, 4.69) is 0 Å². The van der Waals surface area contributed by atoms with E-state index >= 15 is 0 Å². The molecule has 2 rings (SSSR count). The highest BCUT2D eigenvalue weighted by Gasteiger charge is 2.34. The minimum Gasteiger partial charge on any atom is -0.324 e. The van der Waals surface area contributed by atoms with Crippen molar-refractivity contribution >= 4 is 38.9 Å². The van der Waals surface area contributed by atoms with Crippen LogP contribution in [0.4, 0.5) is 33.3 Å². The monoisotopic (exact) mass is 442 g/mol. The zero-order valence-corrected chi connectivity index (χ0v) is 15.6. The van der Waals surface area contributed by atoms with Crippen LogP contribution in [-0.4, -0.2) is 27.1 Å². The molecule has 2 aromatic carbocycles. The van der Waals surface area contributed by atoms with E-state index in [1.807, 2.05) is 5.32 Å². The number of benzene rings is 2. The molecule has 0 saturated carbocycles. The molecule has 1 N–H and O–H groups in total. The maximum absolute atomic E-state index is 13.4. The Kier molecular flexibility index (Phi) is 6.19. The van der Waals surface area contributed by atoms with Crippen molar-refractivity contribution in [2.24, 2.45) is 0 Å². The van der Waals surface area contributed by atoms with Gasteiger partial charge in [0.1, 0.15) is 6.54 Å². The van der Waals surface area contributed by atoms with Crippen LogP contribution in [-0.2, 0) is 21.0 Å². The van der Waals surface area contributed by atoms with E-state index < -0.39 is 51.5 Å². The molecule has 0 aliphatic heterocycles. The van der Waals surface area contributed by atoms with Crippen LogP contribution in [0.15, 0.2) is 36.4 Å². The van der Waals surface area contributed by atoms with E-state index in [1.54, 1.807) is 0 Å². The molecule has 12 heteroatoms. The van der Waals surface area contributed by atoms with Crippen molar-refractivity contribution in [2.75, 3.05) is 22.4 Å². The maximum Gasteiger partial charge on any atom is 0.418 e. The predicted octanol–water partition coefficient (Wildman–Crippen LogP) is 4.04. The van der Waals surface area contributed by atoms with Gasteiger partial charge >= 0.3 is 6.18 Å². The van der Waals surface area contributed by atoms with Gasteiger partial charge in [0.05, 0.1) is 23.2 Å². The van der Waals surface area contributed by atoms with Gasteiger partial charge in [-0.15, -0.1) is 0 Å². The second-order valence-corrected chi connectivity index (χ2v) is 7.95. The van der Waals surface area contributed by atoms with E-state index in [-0.39, 0.29) is 10.7 Å². The topological polar surface area (TPSA) is 66.5 Å². The number of halogens is 6. The lowest BCUT2D eigenvalue weighted by atomic mass is 10.1. The van der Waals surface area contributed by atoms with Gasteiger partial charge in [0.2, 0.25) is 15.9 Å². The number of carbonyl (C=O) groups excluding carboxylic acids is 1. The summed E-state index contributed by atoms with van der Waals surface area (Å²) in [5.74, 6) is -3.73. The smallest absolute Gasteiger partial charge is 0.324 e. The van der Waals surface area contributed by atoms with Crippen LogP contribution in [0.3, 0.4) is 0 Å². The van der Waals surface area contributed by atoms with Gasteiger partial charge < -0.3 is 5.32 Å². The molecule has 0 unspecified atom stereocenters. The number of nitrogens with zero attached hydrogens (tertiary/aromatic N) is 1. The minimum atomic E-state index is -4.83. The van der Waals surface area contributed by atoms with Crippen LogP contribution in [0.5, 0.6) is 0 Å². The molecule has 2 aromatic rings. The lowest BCUT2D eigenvalue weighted by Gasteiger charge is -2.22. The van der Waals surface area contributed by atoms with Crippen LogP contribution in [0.2, 0.25) is 5.02 Å². The Hall–Kier alpha value is -2.40. The van der Waals surface area contributed by atoms with Gasteiger partial charge in [-0.2, -0.15) is 13.2 Å². The Balaban J connectivity index is 2.32. The maximum atomic E-state index is 13.4. The summed E-state index contributed by atoms with van der Waals surface area (Å²) in [7, 11) is -4.14. The number of carbonyl (C=O) groups is 1. The molecule has 0 saturated heterocycles. The highest BCUT2D eigenvalue weighted by Crippen LogP contribution is 2.36. The molecule has 0 aliphatic rings. The first-order chi connectivity index (χ1) is 12.8. The fourth-order valence-corrected chi connectivity index (χ4v) is 3.24. The van der Waals surface area contributed by atoms with E-state index in [0.29, 0.717) is 28.8 Å². The first-order valence-corrected chi connectivity index (χ1v) is 9.61. The summed E-state index contributed by atoms with van der Waals surface area (Å²) in [5, 5.41) is 1.73. The molecule has 0 bridgehead atoms. The molecule has 0 atom stereocenters. The zero-order valence-electron chi connectivity index (χ0n) is 14.0. The first-order valence-electron chi connectivity index (χ1n) is 7.38. The van der Waals surface area contributed by atoms with E-state index in [9.17, 15) is 35.2 Å². The molecule has 0 aromatic heterocycles. The number of alkyl halides is 3. The Bertz CT molecular complexity index is 1010. The Labute approximate surface area is 161 Å². The highest BCUT2D eigenvalue weighted by atomic mass is 35.5. The fourth-order valence-electron chi connectivity index (χ4n) is 2.22. The summed E-state index contributed by atoms with van der Waals surface area (Å²) in [6.45, 7) is -0.968. The quantitative estimate of drug-likeness (QED) is 0.711. The lowest BCUT2D eigenvalue weighted by Crippen LogP contribution is -2.37. The predicted molar refractivity (Wildman–Crippen MR) is 93.6 cm³/mol. The van der Waals surface area contributed by atoms with E-state index in [1.165, 1.54) is 0 Å². The van der Waals surface area contributed by atoms with Crippen molar-refractivity contribution in [1.82, 2.24) is 0 Å². The normalized spacial score (nSPS) is 12.0. The Morgan fingerprint density at radius 1 is 1.11 bits per heavy atom. The standard InChI is InChI=1S/C16H12ClF5N2O3S/c1-28(26,27)24(10-3-4-12(18)13(19)7-10)8-15(25)23-14-5-2-9(17)6-11(14)16(20,21)22/h2-7H,8H2,1H3,(H,23,25). The van der Waals surface area contributed by atoms with Gasteiger partial charge in [-0.3, -0.25) is 9.10 Å². The molecule has 0 heterocycles. The van der Waals surface area contributed by atoms with Gasteiger partial charge in [0.15, 0.2) is 11.6 Å². The SMILES string of the molecule is CS(=O)(=O)N(CC(=O)Nc1ccc(Cl)cc1C(F)(F)F)c1ccc(F)c(F)c1. The summed E-state index contributed by atoms with van der Waals surface area (Å²) in [5.41, 5.74) is -2.24. The third kappa shape index (κ3) is 5.32. The molecule has 5 nitrogen and oxygen atoms in total. The van der Waals surface area contributed by atoms with Crippen molar-refractivity contribution in [3.63, 3.8) is 0 Å². The molecule has 0 fully saturated rings. The number of rotatable bonds is 5. The van der Waals surface area contributed by atoms with Crippen molar-refractivity contribution < 1.29 is 35.2 Å². The van der Waals surface area contributed by atoms with Crippen LogP contribution >= 0.6 is 11.6 Å². The average molecular weight is 443 g/mol. The van der Waals surface area contributed by atoms with Gasteiger partial charge in [-0.25, -0.2) is 17.2 Å². The summed E-state index contributed by atoms with van der Waals surface area (Å²) < 4.78 is 90.0. The second kappa shape index (κ2) is 7.92. The fraction of sp³-hybridized carbons (Fsp3) is 0.188. The number of hydrogen-bond acceptors (Lipinski definition) is 3. The molecule has 0 aliphatic carbocycles. The van der Waals surface area contributed by atoms with Gasteiger partial charge in [-0.1, -0.05) is 11.6 Å². The van der Waals surface area contributed by atoms with Crippen LogP contribution in [0.1, 0.15) is 5.56 Å². The number of sulfonamides is 1. The number of hydrogen-bond donors (Lipinski definition) is 1. The Morgan fingerprint density at radius 2 is 1.75 bits per heavy atom. The molecule has 0 spiro atoms. The number of anilines is 2. The average Bonchev–Trinajstić information content (AvgIpc) is 2.55. The Morgan fingerprint density at radius 3 is 2.29 bits per heavy atom. The van der Waals surface area contributed by atoms with Crippen molar-refractivity contribution in [3.8, 4) is 0 Å². The third-order valence-electron chi connectivity index (χ3n) is 3.44. The molecular formula is C16H12ClF5N2O3S. The number of nitrogens with one attached hydrogen (secondary N) is 1. The molecular weight excluding hydrogens is 431 g/mol. The van der Waals surface area contributed by atoms with Gasteiger partial charge in [0, 0.05) is 11.1 Å². The molecule has 152 valence electrons. The third-order valence-corrected chi connectivity index (χ3v) is 4.82. The van der Waals surface area contributed by atoms with Crippen LogP contribution < -0.4 is 9.62 Å². The first kappa shape index (κ1) is 21.9. The van der Waals surface area contributed by atoms with Crippen molar-refractivity contribution in [3.05, 3.63) is 58.6 Å². The lowest BCUT2D eigenvalue weighted by molar-refractivity contribution is -0.137. The summed E-state index contributed by atoms with van der Waals surface area (Å²) in [6, 6.07) is 4.73. The van der Waals surface area contributed by atoms with Crippen molar-refractivity contribution in [2.45, 2.75) is 6.18 Å². The zero-order chi connectivity index (χ0) is 21.3. The molecule has 1 amide bonds. The summed E-state index contributed by atoms with van der Waals surface area (Å²) >= 11 is 5.54. The summed E-state index contributed by atoms with van der Waals surface area (Å²) in [4.78, 5) is 12.2. The number of amides is 1. The second-order valence-electron chi connectivity index (χ2n) is 5.60. The van der Waals surface area contributed by atoms with Gasteiger partial charge in [0.25, 0.3) is 0 Å². The molecule has 0 radical (unpaired) electrons. The molecule has 28 heavy (non-hydrogen) atoms. The van der Waals surface area contributed by atoms with Crippen LogP contribution in [0.25, 0.3) is 0 Å². The highest BCUT2D eigenvalue weighted by molar-refractivity contribution is 7.92. The largest absolute Gasteiger partial charge is 0.418 e. The van der Waals surface area contributed by atoms with E-state index in [4.69, 9.17) is 11.6 Å². The van der Waals surface area contributed by atoms with Gasteiger partial charge in [-0.05, 0) is 30.3 Å². The summed E-state index contributed by atoms with van der Waals surface area (Å²) in [6.07, 6.45) is -4.13. The van der Waals surface area contributed by atoms with Crippen molar-refractivity contribution in [1.29, 1.82) is 0 Å².